The van der Waals surface area contributed by atoms with Crippen LogP contribution >= 0.6 is 0 Å². The molecule has 0 N–H and O–H groups in total. The van der Waals surface area contributed by atoms with Crippen molar-refractivity contribution in [2.75, 3.05) is 0 Å². The number of cyclic esters (lactones) is 1. The maximum atomic E-state index is 11.5. The molecule has 0 bridgehead atoms. The molecule has 0 saturated heterocycles. The minimum Gasteiger partial charge on any atom is -0.457 e. The second-order valence-corrected chi connectivity index (χ2v) is 3.93. The molecule has 1 heterocycles. The summed E-state index contributed by atoms with van der Waals surface area (Å²) in [7, 11) is 0. The van der Waals surface area contributed by atoms with Crippen LogP contribution in [0.15, 0.2) is 0 Å². The first-order chi connectivity index (χ1) is 6.54. The fourth-order valence-corrected chi connectivity index (χ4v) is 2.06. The molecule has 0 unspecified atom stereocenters. The normalized spacial score (nSPS) is 14.1. The highest BCUT2D eigenvalue weighted by molar-refractivity contribution is 5.96. The lowest BCUT2D eigenvalue weighted by molar-refractivity contribution is 0.0534. The average molecular weight is 190 g/mol. The minimum absolute atomic E-state index is 0.163. The molecular weight excluding hydrogens is 176 g/mol. The Balaban J connectivity index is 2.84. The first-order valence-electron chi connectivity index (χ1n) is 4.80. The fourth-order valence-electron chi connectivity index (χ4n) is 2.06. The van der Waals surface area contributed by atoms with Crippen LogP contribution < -0.4 is 0 Å². The van der Waals surface area contributed by atoms with Gasteiger partial charge in [0.05, 0.1) is 5.56 Å². The molecule has 0 amide bonds. The van der Waals surface area contributed by atoms with Gasteiger partial charge in [0.25, 0.3) is 0 Å². The van der Waals surface area contributed by atoms with Gasteiger partial charge in [-0.3, -0.25) is 0 Å². The zero-order chi connectivity index (χ0) is 10.5. The van der Waals surface area contributed by atoms with E-state index in [2.05, 4.69) is 20.8 Å². The van der Waals surface area contributed by atoms with Crippen LogP contribution in [0.4, 0.5) is 0 Å². The lowest BCUT2D eigenvalue weighted by Crippen LogP contribution is -2.03. The van der Waals surface area contributed by atoms with Crippen molar-refractivity contribution in [3.05, 3.63) is 33.4 Å². The van der Waals surface area contributed by atoms with Crippen molar-refractivity contribution in [1.82, 2.24) is 0 Å². The molecule has 1 aliphatic heterocycles. The summed E-state index contributed by atoms with van der Waals surface area (Å²) >= 11 is 0. The van der Waals surface area contributed by atoms with Gasteiger partial charge in [-0.2, -0.15) is 0 Å². The predicted octanol–water partition coefficient (Wildman–Crippen LogP) is 2.59. The van der Waals surface area contributed by atoms with E-state index >= 15 is 0 Å². The van der Waals surface area contributed by atoms with Crippen molar-refractivity contribution in [2.24, 2.45) is 0 Å². The van der Waals surface area contributed by atoms with Crippen molar-refractivity contribution in [1.29, 1.82) is 0 Å². The largest absolute Gasteiger partial charge is 0.457 e. The molecule has 14 heavy (non-hydrogen) atoms. The molecule has 0 aliphatic carbocycles. The summed E-state index contributed by atoms with van der Waals surface area (Å²) in [5, 5.41) is 0. The van der Waals surface area contributed by atoms with E-state index < -0.39 is 0 Å². The SMILES string of the molecule is Cc1c(C)c(C)c2c(c1C)COC2=O. The van der Waals surface area contributed by atoms with Crippen LogP contribution in [-0.4, -0.2) is 5.97 Å². The van der Waals surface area contributed by atoms with Gasteiger partial charge in [-0.1, -0.05) is 0 Å². The molecule has 1 aromatic carbocycles. The molecule has 74 valence electrons. The molecule has 2 heteroatoms. The van der Waals surface area contributed by atoms with E-state index in [0.717, 1.165) is 16.7 Å². The third-order valence-electron chi connectivity index (χ3n) is 3.37. The zero-order valence-corrected chi connectivity index (χ0v) is 9.02. The summed E-state index contributed by atoms with van der Waals surface area (Å²) in [6, 6.07) is 0. The highest BCUT2D eigenvalue weighted by Gasteiger charge is 2.27. The predicted molar refractivity (Wildman–Crippen MR) is 54.5 cm³/mol. The zero-order valence-electron chi connectivity index (χ0n) is 9.02. The highest BCUT2D eigenvalue weighted by atomic mass is 16.5. The molecule has 2 nitrogen and oxygen atoms in total. The van der Waals surface area contributed by atoms with E-state index in [-0.39, 0.29) is 5.97 Å². The Bertz CT molecular complexity index is 431. The highest BCUT2D eigenvalue weighted by Crippen LogP contribution is 2.31. The minimum atomic E-state index is -0.163. The van der Waals surface area contributed by atoms with Gasteiger partial charge in [0.15, 0.2) is 0 Å². The Labute approximate surface area is 83.9 Å². The number of esters is 1. The Hall–Kier alpha value is -1.31. The molecule has 2 rings (SSSR count). The number of carbonyl (C=O) groups is 1. The summed E-state index contributed by atoms with van der Waals surface area (Å²) in [6.45, 7) is 8.65. The molecule has 1 aliphatic rings. The van der Waals surface area contributed by atoms with Gasteiger partial charge >= 0.3 is 5.97 Å². The van der Waals surface area contributed by atoms with Crippen LogP contribution in [0.2, 0.25) is 0 Å². The Kier molecular flexibility index (Phi) is 1.88. The smallest absolute Gasteiger partial charge is 0.339 e. The van der Waals surface area contributed by atoms with Gasteiger partial charge in [-0.05, 0) is 49.9 Å². The van der Waals surface area contributed by atoms with E-state index in [1.54, 1.807) is 0 Å². The standard InChI is InChI=1S/C12H14O2/c1-6-7(2)9(4)11-10(8(6)3)5-14-12(11)13/h5H2,1-4H3. The monoisotopic (exact) mass is 190 g/mol. The fraction of sp³-hybridized carbons (Fsp3) is 0.417. The van der Waals surface area contributed by atoms with Crippen molar-refractivity contribution < 1.29 is 9.53 Å². The quantitative estimate of drug-likeness (QED) is 0.588. The Morgan fingerprint density at radius 1 is 0.929 bits per heavy atom. The number of carbonyl (C=O) groups excluding carboxylic acids is 1. The van der Waals surface area contributed by atoms with Crippen molar-refractivity contribution in [3.63, 3.8) is 0 Å². The molecular formula is C12H14O2. The third kappa shape index (κ3) is 0.999. The van der Waals surface area contributed by atoms with E-state index in [4.69, 9.17) is 4.74 Å². The number of fused-ring (bicyclic) bond motifs is 1. The lowest BCUT2D eigenvalue weighted by Gasteiger charge is -2.12. The van der Waals surface area contributed by atoms with Crippen molar-refractivity contribution >= 4 is 5.97 Å². The molecule has 0 aromatic heterocycles. The number of hydrogen-bond donors (Lipinski definition) is 0. The van der Waals surface area contributed by atoms with Crippen LogP contribution in [0, 0.1) is 27.7 Å². The number of benzene rings is 1. The Morgan fingerprint density at radius 2 is 1.50 bits per heavy atom. The molecule has 0 atom stereocenters. The molecule has 0 saturated carbocycles. The number of hydrogen-bond acceptors (Lipinski definition) is 2. The summed E-state index contributed by atoms with van der Waals surface area (Å²) < 4.78 is 5.06. The molecule has 0 spiro atoms. The number of rotatable bonds is 0. The molecule has 0 radical (unpaired) electrons. The topological polar surface area (TPSA) is 26.3 Å². The second kappa shape index (κ2) is 2.84. The van der Waals surface area contributed by atoms with Gasteiger partial charge in [0, 0.05) is 5.56 Å². The average Bonchev–Trinajstić information content (AvgIpc) is 2.54. The first kappa shape index (κ1) is 9.25. The van der Waals surface area contributed by atoms with E-state index in [1.807, 2.05) is 6.92 Å². The Morgan fingerprint density at radius 3 is 2.14 bits per heavy atom. The van der Waals surface area contributed by atoms with E-state index in [1.165, 1.54) is 16.7 Å². The van der Waals surface area contributed by atoms with E-state index in [0.29, 0.717) is 6.61 Å². The first-order valence-corrected chi connectivity index (χ1v) is 4.80. The van der Waals surface area contributed by atoms with Gasteiger partial charge in [0.1, 0.15) is 6.61 Å². The van der Waals surface area contributed by atoms with Crippen LogP contribution in [0.25, 0.3) is 0 Å². The van der Waals surface area contributed by atoms with Crippen LogP contribution in [0.5, 0.6) is 0 Å². The van der Waals surface area contributed by atoms with Crippen LogP contribution in [0.3, 0.4) is 0 Å². The molecule has 0 fully saturated rings. The van der Waals surface area contributed by atoms with E-state index in [9.17, 15) is 4.79 Å². The number of ether oxygens (including phenoxy) is 1. The molecule has 1 aromatic rings. The van der Waals surface area contributed by atoms with Gasteiger partial charge in [-0.25, -0.2) is 4.79 Å². The maximum Gasteiger partial charge on any atom is 0.339 e. The summed E-state index contributed by atoms with van der Waals surface area (Å²) in [6.07, 6.45) is 0. The van der Waals surface area contributed by atoms with Crippen LogP contribution in [0.1, 0.15) is 38.2 Å². The van der Waals surface area contributed by atoms with Gasteiger partial charge in [-0.15, -0.1) is 0 Å². The summed E-state index contributed by atoms with van der Waals surface area (Å²) in [5.74, 6) is -0.163. The van der Waals surface area contributed by atoms with Gasteiger partial charge in [0.2, 0.25) is 0 Å². The van der Waals surface area contributed by atoms with Crippen molar-refractivity contribution in [3.8, 4) is 0 Å². The third-order valence-corrected chi connectivity index (χ3v) is 3.37. The maximum absolute atomic E-state index is 11.5. The second-order valence-electron chi connectivity index (χ2n) is 3.93. The van der Waals surface area contributed by atoms with Gasteiger partial charge < -0.3 is 4.74 Å². The van der Waals surface area contributed by atoms with Crippen LogP contribution in [-0.2, 0) is 11.3 Å². The summed E-state index contributed by atoms with van der Waals surface area (Å²) in [5.41, 5.74) is 6.64. The summed E-state index contributed by atoms with van der Waals surface area (Å²) in [4.78, 5) is 11.5. The lowest BCUT2D eigenvalue weighted by atomic mass is 9.90. The van der Waals surface area contributed by atoms with Crippen molar-refractivity contribution in [2.45, 2.75) is 34.3 Å².